The van der Waals surface area contributed by atoms with Gasteiger partial charge in [0.2, 0.25) is 0 Å². The summed E-state index contributed by atoms with van der Waals surface area (Å²) in [5, 5.41) is 0. The molecule has 1 aliphatic heterocycles. The number of rotatable bonds is 1. The maximum atomic E-state index is 3.12. The van der Waals surface area contributed by atoms with Crippen LogP contribution in [0.3, 0.4) is 0 Å². The second-order valence-electron chi connectivity index (χ2n) is 8.40. The standard InChI is InChI=1S/C19H33N/c1-14-11-12-19-17(13-14)16-9-5-6-10-18(16)20(19)15-7-3-2-4-8-15/h14-19H,2-13H2,1H3. The van der Waals surface area contributed by atoms with Crippen molar-refractivity contribution in [3.63, 3.8) is 0 Å². The minimum absolute atomic E-state index is 0.970. The van der Waals surface area contributed by atoms with Gasteiger partial charge in [0.25, 0.3) is 0 Å². The van der Waals surface area contributed by atoms with Gasteiger partial charge in [-0.05, 0) is 62.7 Å². The summed E-state index contributed by atoms with van der Waals surface area (Å²) in [6.45, 7) is 2.51. The van der Waals surface area contributed by atoms with Crippen molar-refractivity contribution < 1.29 is 0 Å². The van der Waals surface area contributed by atoms with Gasteiger partial charge >= 0.3 is 0 Å². The molecule has 0 aromatic carbocycles. The van der Waals surface area contributed by atoms with Crippen molar-refractivity contribution in [3.05, 3.63) is 0 Å². The fourth-order valence-electron chi connectivity index (χ4n) is 6.42. The Morgan fingerprint density at radius 3 is 2.20 bits per heavy atom. The van der Waals surface area contributed by atoms with Gasteiger partial charge in [0, 0.05) is 18.1 Å². The predicted molar refractivity (Wildman–Crippen MR) is 84.8 cm³/mol. The van der Waals surface area contributed by atoms with Crippen LogP contribution in [0.25, 0.3) is 0 Å². The smallest absolute Gasteiger partial charge is 0.0133 e. The van der Waals surface area contributed by atoms with E-state index >= 15 is 0 Å². The molecule has 4 rings (SSSR count). The zero-order chi connectivity index (χ0) is 13.5. The van der Waals surface area contributed by atoms with E-state index in [4.69, 9.17) is 0 Å². The molecule has 0 aromatic rings. The molecule has 0 amide bonds. The van der Waals surface area contributed by atoms with Gasteiger partial charge in [-0.2, -0.15) is 0 Å². The molecule has 114 valence electrons. The van der Waals surface area contributed by atoms with Gasteiger partial charge in [-0.3, -0.25) is 4.90 Å². The zero-order valence-corrected chi connectivity index (χ0v) is 13.4. The molecule has 3 aliphatic carbocycles. The maximum Gasteiger partial charge on any atom is 0.0133 e. The lowest BCUT2D eigenvalue weighted by Gasteiger charge is -2.42. The first-order chi connectivity index (χ1) is 9.84. The summed E-state index contributed by atoms with van der Waals surface area (Å²) in [7, 11) is 0. The van der Waals surface area contributed by atoms with E-state index in [1.54, 1.807) is 12.8 Å². The SMILES string of the molecule is CC1CCC2C(C1)C1CCCCC1N2C1CCCCC1. The van der Waals surface area contributed by atoms with E-state index in [0.29, 0.717) is 0 Å². The summed E-state index contributed by atoms with van der Waals surface area (Å²) in [6, 6.07) is 2.95. The fraction of sp³-hybridized carbons (Fsp3) is 1.00. The summed E-state index contributed by atoms with van der Waals surface area (Å²) in [5.74, 6) is 3.16. The van der Waals surface area contributed by atoms with Crippen LogP contribution in [-0.4, -0.2) is 23.0 Å². The predicted octanol–water partition coefficient (Wildman–Crippen LogP) is 5.00. The Morgan fingerprint density at radius 1 is 0.650 bits per heavy atom. The molecular formula is C19H33N. The lowest BCUT2D eigenvalue weighted by Crippen LogP contribution is -2.47. The molecule has 5 unspecified atom stereocenters. The highest BCUT2D eigenvalue weighted by atomic mass is 15.3. The Morgan fingerprint density at radius 2 is 1.35 bits per heavy atom. The largest absolute Gasteiger partial charge is 0.294 e. The first kappa shape index (κ1) is 13.6. The molecule has 0 spiro atoms. The summed E-state index contributed by atoms with van der Waals surface area (Å²) in [6.07, 6.45) is 18.3. The third kappa shape index (κ3) is 2.25. The quantitative estimate of drug-likeness (QED) is 0.651. The molecule has 0 radical (unpaired) electrons. The molecule has 0 aromatic heterocycles. The second kappa shape index (κ2) is 5.63. The van der Waals surface area contributed by atoms with Crippen LogP contribution in [0.2, 0.25) is 0 Å². The van der Waals surface area contributed by atoms with Crippen LogP contribution in [0.5, 0.6) is 0 Å². The van der Waals surface area contributed by atoms with Crippen molar-refractivity contribution in [1.29, 1.82) is 0 Å². The van der Waals surface area contributed by atoms with Crippen molar-refractivity contribution >= 4 is 0 Å². The van der Waals surface area contributed by atoms with Crippen LogP contribution >= 0.6 is 0 Å². The molecule has 3 saturated carbocycles. The molecule has 20 heavy (non-hydrogen) atoms. The molecule has 4 aliphatic rings. The molecule has 1 heterocycles. The normalized spacial score (nSPS) is 47.0. The highest BCUT2D eigenvalue weighted by Crippen LogP contribution is 2.52. The van der Waals surface area contributed by atoms with Gasteiger partial charge in [-0.1, -0.05) is 39.0 Å². The molecule has 5 atom stereocenters. The minimum Gasteiger partial charge on any atom is -0.294 e. The monoisotopic (exact) mass is 275 g/mol. The molecule has 1 heteroatoms. The van der Waals surface area contributed by atoms with E-state index in [1.807, 2.05) is 0 Å². The van der Waals surface area contributed by atoms with Gasteiger partial charge in [-0.25, -0.2) is 0 Å². The van der Waals surface area contributed by atoms with Crippen LogP contribution < -0.4 is 0 Å². The Labute approximate surface area is 125 Å². The third-order valence-electron chi connectivity index (χ3n) is 7.22. The fourth-order valence-corrected chi connectivity index (χ4v) is 6.42. The highest BCUT2D eigenvalue weighted by Gasteiger charge is 2.52. The second-order valence-corrected chi connectivity index (χ2v) is 8.40. The minimum atomic E-state index is 0.970. The Kier molecular flexibility index (Phi) is 3.83. The zero-order valence-electron chi connectivity index (χ0n) is 13.4. The lowest BCUT2D eigenvalue weighted by molar-refractivity contribution is 0.0605. The van der Waals surface area contributed by atoms with E-state index < -0.39 is 0 Å². The van der Waals surface area contributed by atoms with Crippen molar-refractivity contribution in [2.75, 3.05) is 0 Å². The van der Waals surface area contributed by atoms with Crippen LogP contribution in [0.1, 0.15) is 84.0 Å². The van der Waals surface area contributed by atoms with E-state index in [2.05, 4.69) is 11.8 Å². The highest BCUT2D eigenvalue weighted by molar-refractivity contribution is 5.05. The van der Waals surface area contributed by atoms with Gasteiger partial charge in [0.05, 0.1) is 0 Å². The molecule has 0 N–H and O–H groups in total. The van der Waals surface area contributed by atoms with E-state index in [9.17, 15) is 0 Å². The average Bonchev–Trinajstić information content (AvgIpc) is 2.82. The van der Waals surface area contributed by atoms with E-state index in [0.717, 1.165) is 35.9 Å². The number of hydrogen-bond acceptors (Lipinski definition) is 1. The summed E-state index contributed by atoms with van der Waals surface area (Å²) in [5.41, 5.74) is 0. The van der Waals surface area contributed by atoms with Crippen molar-refractivity contribution in [2.45, 2.75) is 102 Å². The molecular weight excluding hydrogens is 242 g/mol. The molecule has 4 fully saturated rings. The molecule has 1 saturated heterocycles. The van der Waals surface area contributed by atoms with E-state index in [-0.39, 0.29) is 0 Å². The van der Waals surface area contributed by atoms with Crippen LogP contribution in [0.15, 0.2) is 0 Å². The van der Waals surface area contributed by atoms with E-state index in [1.165, 1.54) is 64.2 Å². The summed E-state index contributed by atoms with van der Waals surface area (Å²) >= 11 is 0. The van der Waals surface area contributed by atoms with Crippen molar-refractivity contribution in [3.8, 4) is 0 Å². The molecule has 1 nitrogen and oxygen atoms in total. The van der Waals surface area contributed by atoms with Crippen LogP contribution in [-0.2, 0) is 0 Å². The third-order valence-corrected chi connectivity index (χ3v) is 7.22. The van der Waals surface area contributed by atoms with Gasteiger partial charge in [-0.15, -0.1) is 0 Å². The number of likely N-dealkylation sites (tertiary alicyclic amines) is 1. The first-order valence-corrected chi connectivity index (χ1v) is 9.62. The lowest BCUT2D eigenvalue weighted by atomic mass is 9.71. The van der Waals surface area contributed by atoms with Crippen molar-refractivity contribution in [2.24, 2.45) is 17.8 Å². The maximum absolute atomic E-state index is 3.12. The topological polar surface area (TPSA) is 3.24 Å². The Hall–Kier alpha value is -0.0400. The van der Waals surface area contributed by atoms with Gasteiger partial charge < -0.3 is 0 Å². The summed E-state index contributed by atoms with van der Waals surface area (Å²) in [4.78, 5) is 3.12. The molecule has 0 bridgehead atoms. The number of fused-ring (bicyclic) bond motifs is 3. The van der Waals surface area contributed by atoms with Crippen molar-refractivity contribution in [1.82, 2.24) is 4.90 Å². The number of hydrogen-bond donors (Lipinski definition) is 0. The summed E-state index contributed by atoms with van der Waals surface area (Å²) < 4.78 is 0. The average molecular weight is 275 g/mol. The van der Waals surface area contributed by atoms with Crippen LogP contribution in [0.4, 0.5) is 0 Å². The van der Waals surface area contributed by atoms with Gasteiger partial charge in [0.15, 0.2) is 0 Å². The first-order valence-electron chi connectivity index (χ1n) is 9.62. The Bertz CT molecular complexity index is 333. The van der Waals surface area contributed by atoms with Gasteiger partial charge in [0.1, 0.15) is 0 Å². The Balaban J connectivity index is 1.59. The number of nitrogens with zero attached hydrogens (tertiary/aromatic N) is 1. The van der Waals surface area contributed by atoms with Crippen LogP contribution in [0, 0.1) is 17.8 Å².